The molecule has 0 unspecified atom stereocenters. The Kier molecular flexibility index (Phi) is 23.1. The van der Waals surface area contributed by atoms with Gasteiger partial charge in [0, 0.05) is 0 Å². The van der Waals surface area contributed by atoms with E-state index in [9.17, 15) is 0 Å². The number of hydrogen-bond donors (Lipinski definition) is 3. The van der Waals surface area contributed by atoms with E-state index < -0.39 is 0 Å². The van der Waals surface area contributed by atoms with E-state index in [2.05, 4.69) is 104 Å². The van der Waals surface area contributed by atoms with Gasteiger partial charge < -0.3 is 5.11 Å². The number of rotatable bonds is 1. The summed E-state index contributed by atoms with van der Waals surface area (Å²) in [5.41, 5.74) is 10.0. The van der Waals surface area contributed by atoms with Gasteiger partial charge in [-0.15, -0.1) is 23.3 Å². The van der Waals surface area contributed by atoms with Crippen LogP contribution in [-0.4, -0.2) is 5.11 Å². The Balaban J connectivity index is 0.000000521. The molecule has 0 atom stereocenters. The summed E-state index contributed by atoms with van der Waals surface area (Å²) in [5, 5.41) is 11.7. The van der Waals surface area contributed by atoms with Gasteiger partial charge in [0.1, 0.15) is 0 Å². The quantitative estimate of drug-likeness (QED) is 0.148. The largest absolute Gasteiger partial charge is 0.392 e. The van der Waals surface area contributed by atoms with Crippen molar-refractivity contribution in [1.29, 1.82) is 0 Å². The van der Waals surface area contributed by atoms with Crippen LogP contribution in [0.4, 0.5) is 0 Å². The highest BCUT2D eigenvalue weighted by molar-refractivity contribution is 8.59. The van der Waals surface area contributed by atoms with Crippen LogP contribution in [0.5, 0.6) is 0 Å². The van der Waals surface area contributed by atoms with E-state index >= 15 is 0 Å². The number of aliphatic hydroxyl groups is 1. The molecule has 4 aromatic rings. The zero-order valence-corrected chi connectivity index (χ0v) is 28.8. The summed E-state index contributed by atoms with van der Waals surface area (Å²) >= 11 is 6.44. The minimum Gasteiger partial charge on any atom is -0.392 e. The average Bonchev–Trinajstić information content (AvgIpc) is 3.56. The van der Waals surface area contributed by atoms with Crippen molar-refractivity contribution in [3.05, 3.63) is 118 Å². The number of aliphatic hydroxyl groups excluding tert-OH is 1. The van der Waals surface area contributed by atoms with Gasteiger partial charge >= 0.3 is 0 Å². The summed E-state index contributed by atoms with van der Waals surface area (Å²) < 4.78 is 0. The SMILES string of the molecule is CC.CC.CC.Cc1cccc2c1CCCC2.Cc1cccc2ccccc12.OCc1cccc2c1CCC2.SS. The second-order valence-corrected chi connectivity index (χ2v) is 9.28. The molecule has 6 rings (SSSR count). The highest BCUT2D eigenvalue weighted by atomic mass is 33.1. The molecule has 0 spiro atoms. The summed E-state index contributed by atoms with van der Waals surface area (Å²) in [7, 11) is 0. The molecule has 4 aromatic carbocycles. The Hall–Kier alpha value is -2.20. The minimum absolute atomic E-state index is 0.198. The molecule has 1 N–H and O–H groups in total. The maximum absolute atomic E-state index is 9.00. The Labute approximate surface area is 263 Å². The molecule has 0 saturated carbocycles. The van der Waals surface area contributed by atoms with Crippen molar-refractivity contribution < 1.29 is 5.11 Å². The topological polar surface area (TPSA) is 20.2 Å². The zero-order valence-electron chi connectivity index (χ0n) is 27.0. The van der Waals surface area contributed by atoms with Crippen molar-refractivity contribution in [2.24, 2.45) is 0 Å². The smallest absolute Gasteiger partial charge is 0.0684 e. The van der Waals surface area contributed by atoms with Crippen LogP contribution in [0.3, 0.4) is 0 Å². The predicted octanol–water partition coefficient (Wildman–Crippen LogP) is 11.5. The fourth-order valence-corrected chi connectivity index (χ4v) is 5.21. The summed E-state index contributed by atoms with van der Waals surface area (Å²) in [6.07, 6.45) is 8.99. The molecular formula is C38H56OS2. The second kappa shape index (κ2) is 24.4. The molecule has 0 fully saturated rings. The van der Waals surface area contributed by atoms with Gasteiger partial charge in [-0.25, -0.2) is 0 Å². The molecular weight excluding hydrogens is 537 g/mol. The van der Waals surface area contributed by atoms with E-state index in [0.717, 1.165) is 12.0 Å². The first-order valence-electron chi connectivity index (χ1n) is 15.6. The Morgan fingerprint density at radius 1 is 0.537 bits per heavy atom. The third kappa shape index (κ3) is 12.7. The summed E-state index contributed by atoms with van der Waals surface area (Å²) in [5.74, 6) is 0. The van der Waals surface area contributed by atoms with Gasteiger partial charge in [-0.05, 0) is 109 Å². The van der Waals surface area contributed by atoms with E-state index in [4.69, 9.17) is 5.11 Å². The standard InChI is InChI=1S/C11H14.C11H10.C10H12O.3C2H6.H2S2/c2*1-9-5-4-7-10-6-2-3-8-11(9)10;11-7-9-5-1-3-8-4-2-6-10(8)9;4*1-2/h4-5,7H,2-3,6,8H2,1H3;2-8H,1H3;1,3,5,11H,2,4,6-7H2;3*1-2H3;1-2H. The highest BCUT2D eigenvalue weighted by Gasteiger charge is 2.13. The molecule has 0 heterocycles. The van der Waals surface area contributed by atoms with Crippen LogP contribution < -0.4 is 0 Å². The van der Waals surface area contributed by atoms with Crippen molar-refractivity contribution in [2.75, 3.05) is 0 Å². The van der Waals surface area contributed by atoms with E-state index in [-0.39, 0.29) is 6.61 Å². The summed E-state index contributed by atoms with van der Waals surface area (Å²) in [6.45, 7) is 16.6. The van der Waals surface area contributed by atoms with Gasteiger partial charge in [-0.1, -0.05) is 120 Å². The number of hydrogen-bond acceptors (Lipinski definition) is 3. The fraction of sp³-hybridized carbons (Fsp3) is 0.421. The summed E-state index contributed by atoms with van der Waals surface area (Å²) in [6, 6.07) is 27.7. The molecule has 0 saturated heterocycles. The third-order valence-electron chi connectivity index (χ3n) is 7.05. The van der Waals surface area contributed by atoms with Gasteiger partial charge in [0.15, 0.2) is 0 Å². The van der Waals surface area contributed by atoms with E-state index in [1.165, 1.54) is 71.6 Å². The molecule has 41 heavy (non-hydrogen) atoms. The number of thiol groups is 2. The van der Waals surface area contributed by atoms with Crippen LogP contribution in [0.1, 0.15) is 99.7 Å². The molecule has 0 aromatic heterocycles. The van der Waals surface area contributed by atoms with E-state index in [1.807, 2.05) is 53.7 Å². The van der Waals surface area contributed by atoms with Gasteiger partial charge in [-0.2, -0.15) is 0 Å². The van der Waals surface area contributed by atoms with E-state index in [0.29, 0.717) is 0 Å². The van der Waals surface area contributed by atoms with Crippen molar-refractivity contribution in [3.8, 4) is 0 Å². The lowest BCUT2D eigenvalue weighted by Gasteiger charge is -2.17. The van der Waals surface area contributed by atoms with Gasteiger partial charge in [0.25, 0.3) is 0 Å². The summed E-state index contributed by atoms with van der Waals surface area (Å²) in [4.78, 5) is 0. The molecule has 0 radical (unpaired) electrons. The lowest BCUT2D eigenvalue weighted by Crippen LogP contribution is -2.03. The van der Waals surface area contributed by atoms with Gasteiger partial charge in [-0.3, -0.25) is 0 Å². The molecule has 1 nitrogen and oxygen atoms in total. The van der Waals surface area contributed by atoms with Crippen LogP contribution in [0.15, 0.2) is 78.9 Å². The predicted molar refractivity (Wildman–Crippen MR) is 193 cm³/mol. The Morgan fingerprint density at radius 3 is 1.66 bits per heavy atom. The Bertz CT molecular complexity index is 1200. The van der Waals surface area contributed by atoms with Crippen molar-refractivity contribution in [2.45, 2.75) is 107 Å². The maximum atomic E-state index is 9.00. The van der Waals surface area contributed by atoms with Crippen LogP contribution in [0, 0.1) is 13.8 Å². The molecule has 2 aliphatic rings. The second-order valence-electron chi connectivity index (χ2n) is 9.28. The number of fused-ring (bicyclic) bond motifs is 3. The number of aryl methyl sites for hydroxylation is 4. The number of benzene rings is 4. The Morgan fingerprint density at radius 2 is 1.02 bits per heavy atom. The third-order valence-corrected chi connectivity index (χ3v) is 7.05. The van der Waals surface area contributed by atoms with Crippen LogP contribution >= 0.6 is 23.3 Å². The average molecular weight is 593 g/mol. The van der Waals surface area contributed by atoms with Crippen LogP contribution in [0.25, 0.3) is 10.8 Å². The minimum atomic E-state index is 0.198. The molecule has 2 aliphatic carbocycles. The van der Waals surface area contributed by atoms with Crippen LogP contribution in [-0.2, 0) is 32.3 Å². The van der Waals surface area contributed by atoms with Crippen molar-refractivity contribution in [1.82, 2.24) is 0 Å². The normalized spacial score (nSPS) is 11.7. The molecule has 0 amide bonds. The van der Waals surface area contributed by atoms with Crippen LogP contribution in [0.2, 0.25) is 0 Å². The first kappa shape index (κ1) is 38.8. The molecule has 0 aliphatic heterocycles. The molecule has 226 valence electrons. The highest BCUT2D eigenvalue weighted by Crippen LogP contribution is 2.25. The first-order valence-corrected chi connectivity index (χ1v) is 17.2. The molecule has 3 heteroatoms. The fourth-order valence-electron chi connectivity index (χ4n) is 5.21. The van der Waals surface area contributed by atoms with Gasteiger partial charge in [0.2, 0.25) is 0 Å². The monoisotopic (exact) mass is 592 g/mol. The molecule has 0 bridgehead atoms. The first-order chi connectivity index (χ1) is 20.2. The zero-order chi connectivity index (χ0) is 31.0. The van der Waals surface area contributed by atoms with Crippen molar-refractivity contribution >= 4 is 34.1 Å². The maximum Gasteiger partial charge on any atom is 0.0684 e. The van der Waals surface area contributed by atoms with E-state index in [1.54, 1.807) is 11.1 Å². The van der Waals surface area contributed by atoms with Gasteiger partial charge in [0.05, 0.1) is 6.61 Å². The lowest BCUT2D eigenvalue weighted by molar-refractivity contribution is 0.280. The van der Waals surface area contributed by atoms with Crippen molar-refractivity contribution in [3.63, 3.8) is 0 Å². The lowest BCUT2D eigenvalue weighted by atomic mass is 9.89.